The van der Waals surface area contributed by atoms with Gasteiger partial charge in [0.05, 0.1) is 33.0 Å². The summed E-state index contributed by atoms with van der Waals surface area (Å²) in [6, 6.07) is 0. The molecule has 7 N–H and O–H groups in total. The van der Waals surface area contributed by atoms with E-state index in [1.54, 1.807) is 0 Å². The molecule has 0 unspecified atom stereocenters. The highest BCUT2D eigenvalue weighted by Gasteiger charge is 1.95. The van der Waals surface area contributed by atoms with Crippen molar-refractivity contribution in [1.29, 1.82) is 0 Å². The number of ether oxygens (including phenoxy) is 3. The van der Waals surface area contributed by atoms with Crippen molar-refractivity contribution in [2.75, 3.05) is 131 Å². The van der Waals surface area contributed by atoms with Crippen molar-refractivity contribution in [3.63, 3.8) is 0 Å². The average molecular weight is 476 g/mol. The highest BCUT2D eigenvalue weighted by atomic mass is 16.5. The zero-order valence-electron chi connectivity index (χ0n) is 21.0. The first-order valence-electron chi connectivity index (χ1n) is 13.2. The van der Waals surface area contributed by atoms with Crippen LogP contribution in [0.15, 0.2) is 0 Å². The van der Waals surface area contributed by atoms with Gasteiger partial charge in [0.15, 0.2) is 0 Å². The zero-order valence-corrected chi connectivity index (χ0v) is 21.0. The fourth-order valence-corrected chi connectivity index (χ4v) is 3.25. The molecule has 0 spiro atoms. The van der Waals surface area contributed by atoms with Crippen LogP contribution < -0.4 is 37.2 Å². The minimum absolute atomic E-state index is 0.655. The smallest absolute Gasteiger partial charge is 0.0701 e. The molecule has 0 amide bonds. The molecule has 1 aliphatic rings. The summed E-state index contributed by atoms with van der Waals surface area (Å²) in [6.45, 7) is 18.0. The molecule has 0 aliphatic carbocycles. The Balaban J connectivity index is 2.00. The fourth-order valence-electron chi connectivity index (χ4n) is 3.25. The van der Waals surface area contributed by atoms with Crippen molar-refractivity contribution in [3.05, 3.63) is 0 Å². The van der Waals surface area contributed by atoms with Crippen molar-refractivity contribution in [2.24, 2.45) is 0 Å². The second kappa shape index (κ2) is 27.8. The van der Waals surface area contributed by atoms with Gasteiger partial charge in [-0.15, -0.1) is 0 Å². The van der Waals surface area contributed by atoms with Gasteiger partial charge in [-0.2, -0.15) is 0 Å². The molecule has 0 atom stereocenters. The lowest BCUT2D eigenvalue weighted by molar-refractivity contribution is 0.0500. The minimum Gasteiger partial charge on any atom is -0.380 e. The largest absolute Gasteiger partial charge is 0.380 e. The zero-order chi connectivity index (χ0) is 23.3. The van der Waals surface area contributed by atoms with E-state index in [4.69, 9.17) is 14.2 Å². The van der Waals surface area contributed by atoms with Gasteiger partial charge in [-0.25, -0.2) is 0 Å². The number of rotatable bonds is 0. The van der Waals surface area contributed by atoms with Crippen molar-refractivity contribution in [2.45, 2.75) is 19.3 Å². The number of hydrogen-bond acceptors (Lipinski definition) is 10. The first-order valence-corrected chi connectivity index (χ1v) is 13.2. The lowest BCUT2D eigenvalue weighted by Crippen LogP contribution is -2.36. The second-order valence-corrected chi connectivity index (χ2v) is 8.15. The van der Waals surface area contributed by atoms with Gasteiger partial charge in [-0.1, -0.05) is 0 Å². The quantitative estimate of drug-likeness (QED) is 0.220. The molecule has 0 saturated carbocycles. The van der Waals surface area contributed by atoms with E-state index >= 15 is 0 Å². The molecule has 33 heavy (non-hydrogen) atoms. The van der Waals surface area contributed by atoms with E-state index in [-0.39, 0.29) is 0 Å². The lowest BCUT2D eigenvalue weighted by Gasteiger charge is -2.09. The van der Waals surface area contributed by atoms with Gasteiger partial charge in [0, 0.05) is 91.7 Å². The third kappa shape index (κ3) is 26.1. The van der Waals surface area contributed by atoms with Crippen molar-refractivity contribution < 1.29 is 14.2 Å². The molecule has 0 aromatic carbocycles. The maximum Gasteiger partial charge on any atom is 0.0701 e. The Morgan fingerprint density at radius 2 is 0.576 bits per heavy atom. The summed E-state index contributed by atoms with van der Waals surface area (Å²) in [5.41, 5.74) is 0. The molecule has 1 heterocycles. The molecule has 0 aromatic heterocycles. The Morgan fingerprint density at radius 3 is 1.00 bits per heavy atom. The van der Waals surface area contributed by atoms with Crippen LogP contribution in [0.3, 0.4) is 0 Å². The van der Waals surface area contributed by atoms with E-state index in [1.807, 2.05) is 0 Å². The van der Waals surface area contributed by atoms with Crippen LogP contribution in [0, 0.1) is 0 Å². The molecule has 10 heteroatoms. The summed E-state index contributed by atoms with van der Waals surface area (Å²) in [5.74, 6) is 0. The summed E-state index contributed by atoms with van der Waals surface area (Å²) in [7, 11) is 0. The van der Waals surface area contributed by atoms with Crippen LogP contribution in [-0.4, -0.2) is 131 Å². The average Bonchev–Trinajstić information content (AvgIpc) is 2.83. The van der Waals surface area contributed by atoms with Gasteiger partial charge in [-0.3, -0.25) is 0 Å². The first kappa shape index (κ1) is 30.6. The van der Waals surface area contributed by atoms with Crippen LogP contribution in [0.5, 0.6) is 0 Å². The van der Waals surface area contributed by atoms with E-state index in [0.717, 1.165) is 124 Å². The molecule has 1 fully saturated rings. The molecule has 1 aliphatic heterocycles. The number of hydrogen-bond donors (Lipinski definition) is 7. The van der Waals surface area contributed by atoms with Gasteiger partial charge in [0.1, 0.15) is 0 Å². The van der Waals surface area contributed by atoms with Crippen LogP contribution in [0.4, 0.5) is 0 Å². The molecule has 198 valence electrons. The number of nitrogens with one attached hydrogen (secondary N) is 7. The monoisotopic (exact) mass is 475 g/mol. The van der Waals surface area contributed by atoms with Crippen molar-refractivity contribution >= 4 is 0 Å². The molecular weight excluding hydrogens is 422 g/mol. The Hall–Kier alpha value is -0.400. The summed E-state index contributed by atoms with van der Waals surface area (Å²) in [5, 5.41) is 24.0. The third-order valence-electron chi connectivity index (χ3n) is 5.18. The molecule has 1 saturated heterocycles. The summed E-state index contributed by atoms with van der Waals surface area (Å²) < 4.78 is 16.9. The molecule has 0 radical (unpaired) electrons. The standard InChI is InChI=1S/C23H53N7O3/c1-2-4-24-5-6-25-9-13-29-16-20-32-22-23-33-21-17-30-14-11-27-8-7-26-10-12-28-15-19-31-18-3-1/h24-30H,1-23H2. The SMILES string of the molecule is C1CCNCCNCCNCCOCCOCCNCCNCCNCCNCCOCC1. The van der Waals surface area contributed by atoms with Gasteiger partial charge < -0.3 is 51.4 Å². The summed E-state index contributed by atoms with van der Waals surface area (Å²) in [6.07, 6.45) is 3.58. The maximum atomic E-state index is 5.70. The minimum atomic E-state index is 0.655. The van der Waals surface area contributed by atoms with Crippen LogP contribution >= 0.6 is 0 Å². The van der Waals surface area contributed by atoms with Gasteiger partial charge in [0.25, 0.3) is 0 Å². The maximum absolute atomic E-state index is 5.70. The highest BCUT2D eigenvalue weighted by Crippen LogP contribution is 1.94. The van der Waals surface area contributed by atoms with Crippen LogP contribution in [0.25, 0.3) is 0 Å². The Morgan fingerprint density at radius 1 is 0.242 bits per heavy atom. The normalized spacial score (nSPS) is 24.0. The Bertz CT molecular complexity index is 204. The van der Waals surface area contributed by atoms with Crippen molar-refractivity contribution in [3.8, 4) is 0 Å². The second-order valence-electron chi connectivity index (χ2n) is 8.15. The van der Waals surface area contributed by atoms with E-state index in [9.17, 15) is 0 Å². The van der Waals surface area contributed by atoms with Gasteiger partial charge in [0.2, 0.25) is 0 Å². The van der Waals surface area contributed by atoms with E-state index in [0.29, 0.717) is 13.2 Å². The topological polar surface area (TPSA) is 112 Å². The van der Waals surface area contributed by atoms with Crippen molar-refractivity contribution in [1.82, 2.24) is 37.2 Å². The molecule has 10 nitrogen and oxygen atoms in total. The first-order chi connectivity index (χ1) is 16.5. The third-order valence-corrected chi connectivity index (χ3v) is 5.18. The van der Waals surface area contributed by atoms with Crippen LogP contribution in [-0.2, 0) is 14.2 Å². The Kier molecular flexibility index (Phi) is 25.8. The molecule has 1 rings (SSSR count). The van der Waals surface area contributed by atoms with Gasteiger partial charge in [-0.05, 0) is 25.8 Å². The predicted octanol–water partition coefficient (Wildman–Crippen LogP) is -1.65. The van der Waals surface area contributed by atoms with Crippen LogP contribution in [0.2, 0.25) is 0 Å². The molecule has 0 bridgehead atoms. The predicted molar refractivity (Wildman–Crippen MR) is 136 cm³/mol. The summed E-state index contributed by atoms with van der Waals surface area (Å²) >= 11 is 0. The lowest BCUT2D eigenvalue weighted by atomic mass is 10.2. The Labute approximate surface area is 202 Å². The molecular formula is C23H53N7O3. The molecule has 0 aromatic rings. The highest BCUT2D eigenvalue weighted by molar-refractivity contribution is 4.57. The van der Waals surface area contributed by atoms with E-state index in [2.05, 4.69) is 37.2 Å². The fraction of sp³-hybridized carbons (Fsp3) is 1.00. The van der Waals surface area contributed by atoms with E-state index < -0.39 is 0 Å². The van der Waals surface area contributed by atoms with Crippen LogP contribution in [0.1, 0.15) is 19.3 Å². The van der Waals surface area contributed by atoms with Gasteiger partial charge >= 0.3 is 0 Å². The summed E-state index contributed by atoms with van der Waals surface area (Å²) in [4.78, 5) is 0. The van der Waals surface area contributed by atoms with E-state index in [1.165, 1.54) is 12.8 Å².